The molecule has 2 aromatic heterocycles. The molecule has 0 bridgehead atoms. The monoisotopic (exact) mass is 416 g/mol. The highest BCUT2D eigenvalue weighted by atomic mass is 28.3. The molecule has 1 amide bonds. The largest absolute Gasteiger partial charge is 0.480 e. The van der Waals surface area contributed by atoms with Crippen molar-refractivity contribution in [1.82, 2.24) is 24.7 Å². The number of aromatic nitrogens is 5. The minimum atomic E-state index is -1.18. The number of amides is 1. The molecular formula is C19H28N6O3Si. The molecule has 1 aliphatic heterocycles. The van der Waals surface area contributed by atoms with Crippen LogP contribution in [-0.4, -0.2) is 59.2 Å². The van der Waals surface area contributed by atoms with E-state index in [0.717, 1.165) is 30.1 Å². The maximum atomic E-state index is 12.5. The number of ether oxygens (including phenoxy) is 2. The molecule has 2 aliphatic rings. The van der Waals surface area contributed by atoms with Gasteiger partial charge in [0.05, 0.1) is 19.3 Å². The SMILES string of the molecule is COc1ncnc(C2CC2)c1-c1nc2n(n1)CCC(=O)N2COCC[Si](C)(C)C. The predicted octanol–water partition coefficient (Wildman–Crippen LogP) is 2.67. The van der Waals surface area contributed by atoms with Gasteiger partial charge in [-0.05, 0) is 18.9 Å². The van der Waals surface area contributed by atoms with Crippen LogP contribution in [0.1, 0.15) is 30.9 Å². The summed E-state index contributed by atoms with van der Waals surface area (Å²) < 4.78 is 13.1. The maximum Gasteiger partial charge on any atom is 0.233 e. The van der Waals surface area contributed by atoms with Crippen LogP contribution >= 0.6 is 0 Å². The van der Waals surface area contributed by atoms with Gasteiger partial charge in [-0.2, -0.15) is 4.98 Å². The van der Waals surface area contributed by atoms with E-state index in [9.17, 15) is 4.79 Å². The van der Waals surface area contributed by atoms with Gasteiger partial charge in [-0.25, -0.2) is 14.6 Å². The average molecular weight is 417 g/mol. The zero-order valence-corrected chi connectivity index (χ0v) is 18.5. The van der Waals surface area contributed by atoms with E-state index in [1.165, 1.54) is 6.33 Å². The summed E-state index contributed by atoms with van der Waals surface area (Å²) in [5, 5.41) is 4.66. The molecule has 0 saturated heterocycles. The maximum absolute atomic E-state index is 12.5. The van der Waals surface area contributed by atoms with Gasteiger partial charge >= 0.3 is 0 Å². The summed E-state index contributed by atoms with van der Waals surface area (Å²) in [7, 11) is 0.400. The molecule has 29 heavy (non-hydrogen) atoms. The smallest absolute Gasteiger partial charge is 0.233 e. The Hall–Kier alpha value is -2.33. The molecule has 1 aliphatic carbocycles. The Labute approximate surface area is 171 Å². The predicted molar refractivity (Wildman–Crippen MR) is 111 cm³/mol. The van der Waals surface area contributed by atoms with E-state index in [2.05, 4.69) is 39.7 Å². The number of carbonyl (C=O) groups is 1. The number of fused-ring (bicyclic) bond motifs is 1. The molecule has 0 N–H and O–H groups in total. The van der Waals surface area contributed by atoms with Crippen LogP contribution < -0.4 is 9.64 Å². The Morgan fingerprint density at radius 2 is 2.03 bits per heavy atom. The van der Waals surface area contributed by atoms with Crippen LogP contribution in [0.2, 0.25) is 25.7 Å². The number of aryl methyl sites for hydroxylation is 1. The van der Waals surface area contributed by atoms with Crippen molar-refractivity contribution in [1.29, 1.82) is 0 Å². The van der Waals surface area contributed by atoms with Gasteiger partial charge in [-0.3, -0.25) is 9.69 Å². The fourth-order valence-electron chi connectivity index (χ4n) is 3.31. The lowest BCUT2D eigenvalue weighted by molar-refractivity contribution is -0.120. The second-order valence-electron chi connectivity index (χ2n) is 8.80. The van der Waals surface area contributed by atoms with Gasteiger partial charge in [0.15, 0.2) is 5.82 Å². The molecule has 2 aromatic rings. The van der Waals surface area contributed by atoms with Gasteiger partial charge in [-0.15, -0.1) is 5.10 Å². The van der Waals surface area contributed by atoms with Gasteiger partial charge in [0.1, 0.15) is 18.6 Å². The third kappa shape index (κ3) is 4.32. The van der Waals surface area contributed by atoms with E-state index in [1.807, 2.05) is 0 Å². The second kappa shape index (κ2) is 7.83. The summed E-state index contributed by atoms with van der Waals surface area (Å²) in [6.45, 7) is 8.25. The summed E-state index contributed by atoms with van der Waals surface area (Å²) in [5.74, 6) is 1.88. The Balaban J connectivity index is 1.60. The fourth-order valence-corrected chi connectivity index (χ4v) is 4.07. The van der Waals surface area contributed by atoms with Crippen molar-refractivity contribution in [3.05, 3.63) is 12.0 Å². The molecule has 0 aromatic carbocycles. The number of hydrogen-bond acceptors (Lipinski definition) is 7. The Morgan fingerprint density at radius 3 is 2.72 bits per heavy atom. The molecule has 9 nitrogen and oxygen atoms in total. The molecule has 1 fully saturated rings. The molecule has 0 atom stereocenters. The third-order valence-corrected chi connectivity index (χ3v) is 6.88. The molecule has 3 heterocycles. The van der Waals surface area contributed by atoms with E-state index in [0.29, 0.717) is 43.1 Å². The van der Waals surface area contributed by atoms with Crippen molar-refractivity contribution < 1.29 is 14.3 Å². The van der Waals surface area contributed by atoms with Gasteiger partial charge in [-0.1, -0.05) is 19.6 Å². The van der Waals surface area contributed by atoms with E-state index >= 15 is 0 Å². The van der Waals surface area contributed by atoms with Crippen molar-refractivity contribution >= 4 is 19.9 Å². The number of hydrogen-bond donors (Lipinski definition) is 0. The normalized spacial score (nSPS) is 16.8. The zero-order valence-electron chi connectivity index (χ0n) is 17.5. The van der Waals surface area contributed by atoms with Gasteiger partial charge in [0.25, 0.3) is 0 Å². The summed E-state index contributed by atoms with van der Waals surface area (Å²) in [6.07, 6.45) is 4.09. The Kier molecular flexibility index (Phi) is 5.39. The number of anilines is 1. The lowest BCUT2D eigenvalue weighted by atomic mass is 10.1. The molecule has 0 radical (unpaired) electrons. The molecule has 10 heteroatoms. The molecular weight excluding hydrogens is 388 g/mol. The number of nitrogens with zero attached hydrogens (tertiary/aromatic N) is 6. The van der Waals surface area contributed by atoms with E-state index in [4.69, 9.17) is 9.47 Å². The van der Waals surface area contributed by atoms with Crippen LogP contribution in [0.15, 0.2) is 6.33 Å². The minimum absolute atomic E-state index is 0.00291. The van der Waals surface area contributed by atoms with Crippen LogP contribution in [-0.2, 0) is 16.1 Å². The van der Waals surface area contributed by atoms with Crippen LogP contribution in [0.4, 0.5) is 5.95 Å². The van der Waals surface area contributed by atoms with Gasteiger partial charge in [0.2, 0.25) is 17.7 Å². The molecule has 156 valence electrons. The van der Waals surface area contributed by atoms with Crippen molar-refractivity contribution in [3.63, 3.8) is 0 Å². The first-order valence-corrected chi connectivity index (χ1v) is 13.8. The fraction of sp³-hybridized carbons (Fsp3) is 0.632. The van der Waals surface area contributed by atoms with Crippen molar-refractivity contribution in [3.8, 4) is 17.3 Å². The van der Waals surface area contributed by atoms with Crippen molar-refractivity contribution in [2.75, 3.05) is 25.3 Å². The number of carbonyl (C=O) groups excluding carboxylic acids is 1. The number of rotatable bonds is 8. The summed E-state index contributed by atoms with van der Waals surface area (Å²) in [5.41, 5.74) is 1.65. The quantitative estimate of drug-likeness (QED) is 0.482. The van der Waals surface area contributed by atoms with Crippen molar-refractivity contribution in [2.24, 2.45) is 0 Å². The topological polar surface area (TPSA) is 95.3 Å². The van der Waals surface area contributed by atoms with Crippen molar-refractivity contribution in [2.45, 2.75) is 57.4 Å². The molecule has 0 spiro atoms. The average Bonchev–Trinajstić information content (AvgIpc) is 3.44. The zero-order chi connectivity index (χ0) is 20.6. The summed E-state index contributed by atoms with van der Waals surface area (Å²) in [4.78, 5) is 27.5. The van der Waals surface area contributed by atoms with E-state index in [-0.39, 0.29) is 12.6 Å². The third-order valence-electron chi connectivity index (χ3n) is 5.17. The van der Waals surface area contributed by atoms with Gasteiger partial charge < -0.3 is 9.47 Å². The highest BCUT2D eigenvalue weighted by molar-refractivity contribution is 6.76. The highest BCUT2D eigenvalue weighted by Gasteiger charge is 2.34. The van der Waals surface area contributed by atoms with Crippen LogP contribution in [0.5, 0.6) is 5.88 Å². The first kappa shape index (κ1) is 20.0. The second-order valence-corrected chi connectivity index (χ2v) is 14.4. The Bertz CT molecular complexity index is 906. The first-order chi connectivity index (χ1) is 13.9. The molecule has 4 rings (SSSR count). The molecule has 1 saturated carbocycles. The van der Waals surface area contributed by atoms with Crippen LogP contribution in [0.3, 0.4) is 0 Å². The minimum Gasteiger partial charge on any atom is -0.480 e. The van der Waals surface area contributed by atoms with E-state index in [1.54, 1.807) is 16.7 Å². The van der Waals surface area contributed by atoms with Crippen LogP contribution in [0.25, 0.3) is 11.4 Å². The summed E-state index contributed by atoms with van der Waals surface area (Å²) in [6, 6.07) is 1.05. The highest BCUT2D eigenvalue weighted by Crippen LogP contribution is 2.45. The van der Waals surface area contributed by atoms with Gasteiger partial charge in [0, 0.05) is 27.0 Å². The standard InChI is InChI=1S/C19H28N6O3Si/c1-27-18-15(16(13-5-6-13)20-11-21-18)17-22-19-24(12-28-9-10-29(2,3)4)14(26)7-8-25(19)23-17/h11,13H,5-10,12H2,1-4H3. The van der Waals surface area contributed by atoms with E-state index < -0.39 is 8.07 Å². The Morgan fingerprint density at radius 1 is 1.24 bits per heavy atom. The molecule has 0 unspecified atom stereocenters. The lowest BCUT2D eigenvalue weighted by Crippen LogP contribution is -2.40. The summed E-state index contributed by atoms with van der Waals surface area (Å²) >= 11 is 0. The number of methoxy groups -OCH3 is 1. The first-order valence-electron chi connectivity index (χ1n) is 10.1. The van der Waals surface area contributed by atoms with Crippen LogP contribution in [0, 0.1) is 0 Å². The lowest BCUT2D eigenvalue weighted by Gasteiger charge is -2.26.